The van der Waals surface area contributed by atoms with Crippen molar-refractivity contribution in [3.8, 4) is 0 Å². The van der Waals surface area contributed by atoms with Crippen LogP contribution in [0.15, 0.2) is 56.7 Å². The highest BCUT2D eigenvalue weighted by Gasteiger charge is 2.18. The molecule has 3 aromatic rings. The van der Waals surface area contributed by atoms with E-state index in [0.717, 1.165) is 30.6 Å². The third-order valence-corrected chi connectivity index (χ3v) is 7.25. The number of aromatic nitrogens is 1. The number of nitrogens with zero attached hydrogens (tertiary/aromatic N) is 2. The minimum atomic E-state index is -4.39. The van der Waals surface area contributed by atoms with Gasteiger partial charge in [-0.05, 0) is 57.0 Å². The smallest absolute Gasteiger partial charge is 0.343 e. The molecule has 0 spiro atoms. The number of amides is 1. The summed E-state index contributed by atoms with van der Waals surface area (Å²) in [6, 6.07) is 10.4. The summed E-state index contributed by atoms with van der Waals surface area (Å²) < 4.78 is 40.2. The summed E-state index contributed by atoms with van der Waals surface area (Å²) in [6.45, 7) is 7.10. The van der Waals surface area contributed by atoms with E-state index in [9.17, 15) is 22.6 Å². The molecule has 1 aromatic carbocycles. The van der Waals surface area contributed by atoms with Gasteiger partial charge >= 0.3 is 5.63 Å². The van der Waals surface area contributed by atoms with E-state index in [1.54, 1.807) is 28.9 Å². The topological polar surface area (TPSA) is 147 Å². The Balaban J connectivity index is 1.80. The molecule has 0 aliphatic rings. The lowest BCUT2D eigenvalue weighted by Crippen LogP contribution is -2.37. The molecular weight excluding hydrogens is 520 g/mol. The largest absolute Gasteiger partial charge is 0.422 e. The number of benzene rings is 1. The molecule has 210 valence electrons. The van der Waals surface area contributed by atoms with Crippen LogP contribution in [0.3, 0.4) is 0 Å². The zero-order valence-electron chi connectivity index (χ0n) is 22.4. The average Bonchev–Trinajstić information content (AvgIpc) is 2.91. The maximum absolute atomic E-state index is 12.7. The lowest BCUT2D eigenvalue weighted by molar-refractivity contribution is -0.700. The van der Waals surface area contributed by atoms with Crippen molar-refractivity contribution in [1.29, 1.82) is 0 Å². The van der Waals surface area contributed by atoms with Gasteiger partial charge in [-0.15, -0.1) is 0 Å². The summed E-state index contributed by atoms with van der Waals surface area (Å²) in [5.74, 6) is -0.0522. The van der Waals surface area contributed by atoms with E-state index in [1.165, 1.54) is 12.3 Å². The molecule has 0 aliphatic carbocycles. The zero-order valence-corrected chi connectivity index (χ0v) is 23.2. The molecule has 3 rings (SSSR count). The van der Waals surface area contributed by atoms with Gasteiger partial charge in [-0.3, -0.25) is 9.35 Å². The molecule has 39 heavy (non-hydrogen) atoms. The second-order valence-electron chi connectivity index (χ2n) is 9.12. The third kappa shape index (κ3) is 8.47. The molecule has 0 atom stereocenters. The third-order valence-electron chi connectivity index (χ3n) is 6.41. The number of fused-ring (bicyclic) bond motifs is 1. The molecule has 10 nitrogen and oxygen atoms in total. The van der Waals surface area contributed by atoms with E-state index >= 15 is 0 Å². The van der Waals surface area contributed by atoms with Gasteiger partial charge in [-0.25, -0.2) is 4.79 Å². The number of anilines is 1. The van der Waals surface area contributed by atoms with Crippen molar-refractivity contribution in [2.24, 2.45) is 5.73 Å². The zero-order chi connectivity index (χ0) is 28.4. The van der Waals surface area contributed by atoms with Gasteiger partial charge in [0.1, 0.15) is 12.1 Å². The number of carbonyl (C=O) groups is 1. The Kier molecular flexibility index (Phi) is 10.8. The molecule has 0 fully saturated rings. The monoisotopic (exact) mass is 557 g/mol. The number of carbonyl (C=O) groups excluding carboxylic acids is 1. The van der Waals surface area contributed by atoms with Crippen molar-refractivity contribution in [3.63, 3.8) is 0 Å². The highest BCUT2D eigenvalue weighted by atomic mass is 32.2. The normalized spacial score (nSPS) is 11.8. The Morgan fingerprint density at radius 1 is 1.10 bits per heavy atom. The summed E-state index contributed by atoms with van der Waals surface area (Å²) >= 11 is 0. The van der Waals surface area contributed by atoms with Crippen molar-refractivity contribution in [3.05, 3.63) is 64.3 Å². The minimum absolute atomic E-state index is 0.0522. The Morgan fingerprint density at radius 2 is 1.87 bits per heavy atom. The maximum atomic E-state index is 12.7. The maximum Gasteiger partial charge on any atom is 0.343 e. The first kappa shape index (κ1) is 30.0. The van der Waals surface area contributed by atoms with Gasteiger partial charge in [-0.1, -0.05) is 0 Å². The van der Waals surface area contributed by atoms with Crippen LogP contribution >= 0.6 is 0 Å². The second kappa shape index (κ2) is 14.0. The van der Waals surface area contributed by atoms with Gasteiger partial charge in [0.25, 0.3) is 10.1 Å². The molecule has 0 saturated carbocycles. The van der Waals surface area contributed by atoms with Crippen LogP contribution in [0.2, 0.25) is 0 Å². The fourth-order valence-electron chi connectivity index (χ4n) is 4.27. The quantitative estimate of drug-likeness (QED) is 0.119. The Bertz CT molecular complexity index is 1480. The predicted octanol–water partition coefficient (Wildman–Crippen LogP) is 2.98. The molecule has 0 unspecified atom stereocenters. The van der Waals surface area contributed by atoms with E-state index in [4.69, 9.17) is 10.2 Å². The molecule has 0 saturated heterocycles. The van der Waals surface area contributed by atoms with E-state index in [2.05, 4.69) is 24.1 Å². The Hall–Kier alpha value is -3.54. The summed E-state index contributed by atoms with van der Waals surface area (Å²) in [7, 11) is -4.39. The van der Waals surface area contributed by atoms with Crippen molar-refractivity contribution < 1.29 is 26.7 Å². The lowest BCUT2D eigenvalue weighted by atomic mass is 10.1. The highest BCUT2D eigenvalue weighted by molar-refractivity contribution is 7.85. The minimum Gasteiger partial charge on any atom is -0.422 e. The average molecular weight is 558 g/mol. The van der Waals surface area contributed by atoms with Gasteiger partial charge < -0.3 is 20.4 Å². The van der Waals surface area contributed by atoms with Crippen LogP contribution in [-0.2, 0) is 21.5 Å². The molecule has 0 aliphatic heterocycles. The number of hydrogen-bond donors (Lipinski definition) is 3. The summed E-state index contributed by atoms with van der Waals surface area (Å²) in [6.07, 6.45) is 7.18. The summed E-state index contributed by atoms with van der Waals surface area (Å²) in [4.78, 5) is 26.4. The fourth-order valence-corrected chi connectivity index (χ4v) is 4.77. The van der Waals surface area contributed by atoms with Gasteiger partial charge in [0.2, 0.25) is 11.6 Å². The van der Waals surface area contributed by atoms with Crippen LogP contribution in [-0.4, -0.2) is 45.1 Å². The molecule has 0 bridgehead atoms. The Labute approximate surface area is 228 Å². The predicted molar refractivity (Wildman–Crippen MR) is 152 cm³/mol. The van der Waals surface area contributed by atoms with Crippen molar-refractivity contribution in [1.82, 2.24) is 5.32 Å². The molecule has 4 N–H and O–H groups in total. The van der Waals surface area contributed by atoms with Crippen LogP contribution in [0.1, 0.15) is 50.8 Å². The van der Waals surface area contributed by atoms with Crippen LogP contribution < -0.4 is 26.1 Å². The van der Waals surface area contributed by atoms with Gasteiger partial charge in [0.05, 0.1) is 5.56 Å². The number of nitrogens with two attached hydrogens (primary N) is 1. The standard InChI is InChI=1S/C28H36N4O6S/c1-3-31(4-2)24-12-9-21-18-22(28(34)38-26(21)19-24)10-11-23-13-14-25(39(35,36)37)20-32(23)17-7-5-6-8-27(33)30-16-15-29/h9-14,18-20H,3-8,15-17,29H2,1-2H3,(H-,30,33,35,36,37)/p+1. The van der Waals surface area contributed by atoms with E-state index < -0.39 is 15.7 Å². The van der Waals surface area contributed by atoms with Gasteiger partial charge in [0, 0.05) is 68.3 Å². The van der Waals surface area contributed by atoms with Crippen LogP contribution in [0.4, 0.5) is 5.69 Å². The van der Waals surface area contributed by atoms with E-state index in [0.29, 0.717) is 55.7 Å². The number of aryl methyl sites for hydroxylation is 1. The summed E-state index contributed by atoms with van der Waals surface area (Å²) in [5, 5.41) is 3.51. The van der Waals surface area contributed by atoms with Crippen LogP contribution in [0.5, 0.6) is 0 Å². The first-order valence-electron chi connectivity index (χ1n) is 13.1. The number of pyridine rings is 1. The van der Waals surface area contributed by atoms with Crippen molar-refractivity contribution in [2.75, 3.05) is 31.1 Å². The molecular formula is C28H37N4O6S+. The number of nitrogens with one attached hydrogen (secondary N) is 1. The van der Waals surface area contributed by atoms with Crippen molar-refractivity contribution >= 4 is 44.8 Å². The van der Waals surface area contributed by atoms with Crippen LogP contribution in [0.25, 0.3) is 23.1 Å². The Morgan fingerprint density at radius 3 is 2.56 bits per heavy atom. The fraction of sp³-hybridized carbons (Fsp3) is 0.393. The number of unbranched alkanes of at least 4 members (excludes halogenated alkanes) is 2. The van der Waals surface area contributed by atoms with Gasteiger partial charge in [0.15, 0.2) is 11.1 Å². The SMILES string of the molecule is CCN(CC)c1ccc2cc(/C=C/c3ccc(S(=O)(=O)O)c[n+]3CCCCCC(=O)NCCN)c(=O)oc2c1. The lowest BCUT2D eigenvalue weighted by Gasteiger charge is -2.20. The molecule has 11 heteroatoms. The molecule has 2 heterocycles. The number of rotatable bonds is 14. The van der Waals surface area contributed by atoms with Crippen LogP contribution in [0, 0.1) is 0 Å². The highest BCUT2D eigenvalue weighted by Crippen LogP contribution is 2.22. The molecule has 2 aromatic heterocycles. The van der Waals surface area contributed by atoms with E-state index in [-0.39, 0.29) is 10.8 Å². The molecule has 1 amide bonds. The second-order valence-corrected chi connectivity index (χ2v) is 10.5. The van der Waals surface area contributed by atoms with Crippen molar-refractivity contribution in [2.45, 2.75) is 51.0 Å². The molecule has 0 radical (unpaired) electrons. The van der Waals surface area contributed by atoms with E-state index in [1.807, 2.05) is 18.2 Å². The first-order valence-corrected chi connectivity index (χ1v) is 14.6. The summed E-state index contributed by atoms with van der Waals surface area (Å²) in [5.41, 5.74) is 7.38. The number of hydrogen-bond acceptors (Lipinski definition) is 7. The van der Waals surface area contributed by atoms with Gasteiger partial charge in [-0.2, -0.15) is 13.0 Å². The first-order chi connectivity index (χ1) is 18.7.